The van der Waals surface area contributed by atoms with Gasteiger partial charge in [0.05, 0.1) is 39.9 Å². The fourth-order valence-corrected chi connectivity index (χ4v) is 11.5. The van der Waals surface area contributed by atoms with E-state index in [-0.39, 0.29) is 19.1 Å². The number of unbranched alkanes of at least 4 members (excludes halogenated alkanes) is 32. The minimum Gasteiger partial charge on any atom is -0.391 e. The molecule has 0 rings (SSSR count). The maximum Gasteiger partial charge on any atom is 0.472 e. The van der Waals surface area contributed by atoms with Crippen molar-refractivity contribution in [3.05, 3.63) is 146 Å². The summed E-state index contributed by atoms with van der Waals surface area (Å²) in [6.07, 6.45) is 110. The number of aliphatic hydroxyl groups excluding tert-OH is 1. The minimum atomic E-state index is -4.35. The van der Waals surface area contributed by atoms with Crippen molar-refractivity contribution in [2.45, 2.75) is 334 Å². The number of aliphatic hydroxyl groups is 1. The molecule has 0 heterocycles. The Labute approximate surface area is 569 Å². The van der Waals surface area contributed by atoms with Crippen LogP contribution in [0.2, 0.25) is 0 Å². The van der Waals surface area contributed by atoms with Crippen molar-refractivity contribution in [1.82, 2.24) is 5.32 Å². The van der Waals surface area contributed by atoms with Crippen molar-refractivity contribution in [3.63, 3.8) is 0 Å². The lowest BCUT2D eigenvalue weighted by Gasteiger charge is -2.26. The Bertz CT molecular complexity index is 2020. The number of carbonyl (C=O) groups excluding carboxylic acids is 1. The number of hydrogen-bond acceptors (Lipinski definition) is 5. The van der Waals surface area contributed by atoms with Crippen LogP contribution in [0, 0.1) is 0 Å². The van der Waals surface area contributed by atoms with Crippen LogP contribution in [0.5, 0.6) is 0 Å². The third kappa shape index (κ3) is 73.8. The van der Waals surface area contributed by atoms with E-state index in [1.165, 1.54) is 167 Å². The second kappa shape index (κ2) is 71.7. The van der Waals surface area contributed by atoms with Gasteiger partial charge >= 0.3 is 7.82 Å². The number of rotatable bonds is 69. The molecule has 0 aliphatic heterocycles. The lowest BCUT2D eigenvalue weighted by Crippen LogP contribution is -2.46. The van der Waals surface area contributed by atoms with Crippen LogP contribution in [0.15, 0.2) is 146 Å². The average Bonchev–Trinajstić information content (AvgIpc) is 2.63. The SMILES string of the molecule is CC/C=C\C/C=C\C/C=C\C/C=C\C/C=C\C/C=C\C/C=C\C/C=C\C/C=C\C/C=C\C/C=C\C/C=C\CCCCCCC(=O)NC(COP(=O)(O)OCC[N+](C)(C)C)C(O)CCCCCCCCCCCCCCCCCCCCCCCCCCCCCCC. The molecule has 8 nitrogen and oxygen atoms in total. The van der Waals surface area contributed by atoms with Crippen molar-refractivity contribution in [2.24, 2.45) is 0 Å². The molecule has 0 saturated carbocycles. The van der Waals surface area contributed by atoms with E-state index in [1.807, 2.05) is 21.1 Å². The maximum absolute atomic E-state index is 13.1. The predicted molar refractivity (Wildman–Crippen MR) is 405 cm³/mol. The van der Waals surface area contributed by atoms with Crippen molar-refractivity contribution >= 4 is 13.7 Å². The van der Waals surface area contributed by atoms with Crippen LogP contribution in [0.1, 0.15) is 322 Å². The molecule has 0 aromatic rings. The smallest absolute Gasteiger partial charge is 0.391 e. The molecule has 528 valence electrons. The number of phosphoric acid groups is 1. The van der Waals surface area contributed by atoms with Gasteiger partial charge in [0, 0.05) is 6.42 Å². The van der Waals surface area contributed by atoms with Gasteiger partial charge in [-0.2, -0.15) is 0 Å². The monoisotopic (exact) mass is 1300 g/mol. The Kier molecular flexibility index (Phi) is 68.8. The molecular formula is C83H146N2O6P+. The fourth-order valence-electron chi connectivity index (χ4n) is 10.7. The first kappa shape index (κ1) is 88.4. The van der Waals surface area contributed by atoms with Gasteiger partial charge in [0.15, 0.2) is 0 Å². The molecule has 0 radical (unpaired) electrons. The third-order valence-corrected chi connectivity index (χ3v) is 17.6. The zero-order valence-corrected chi connectivity index (χ0v) is 61.4. The van der Waals surface area contributed by atoms with Crippen LogP contribution >= 0.6 is 7.82 Å². The Morgan fingerprint density at radius 3 is 0.957 bits per heavy atom. The molecule has 0 aliphatic rings. The lowest BCUT2D eigenvalue weighted by molar-refractivity contribution is -0.870. The highest BCUT2D eigenvalue weighted by Gasteiger charge is 2.28. The van der Waals surface area contributed by atoms with Crippen molar-refractivity contribution in [1.29, 1.82) is 0 Å². The summed E-state index contributed by atoms with van der Waals surface area (Å²) in [6, 6.07) is -0.787. The van der Waals surface area contributed by atoms with Crippen LogP contribution in [0.3, 0.4) is 0 Å². The number of amides is 1. The molecular weight excluding hydrogens is 1150 g/mol. The summed E-state index contributed by atoms with van der Waals surface area (Å²) in [4.78, 5) is 23.5. The zero-order valence-electron chi connectivity index (χ0n) is 60.5. The average molecular weight is 1300 g/mol. The molecule has 0 spiro atoms. The van der Waals surface area contributed by atoms with Crippen LogP contribution in [0.25, 0.3) is 0 Å². The molecule has 9 heteroatoms. The quantitative estimate of drug-likeness (QED) is 0.0243. The van der Waals surface area contributed by atoms with E-state index < -0.39 is 20.0 Å². The number of nitrogens with zero attached hydrogens (tertiary/aromatic N) is 1. The summed E-state index contributed by atoms with van der Waals surface area (Å²) in [6.45, 7) is 4.78. The summed E-state index contributed by atoms with van der Waals surface area (Å²) >= 11 is 0. The van der Waals surface area contributed by atoms with E-state index in [0.717, 1.165) is 128 Å². The van der Waals surface area contributed by atoms with Gasteiger partial charge < -0.3 is 19.8 Å². The molecule has 0 aromatic heterocycles. The first-order valence-electron chi connectivity index (χ1n) is 38.2. The van der Waals surface area contributed by atoms with E-state index in [1.54, 1.807) is 0 Å². The summed E-state index contributed by atoms with van der Waals surface area (Å²) in [5.41, 5.74) is 0. The van der Waals surface area contributed by atoms with E-state index in [9.17, 15) is 19.4 Å². The number of quaternary nitrogens is 1. The van der Waals surface area contributed by atoms with Gasteiger partial charge in [0.2, 0.25) is 5.91 Å². The molecule has 3 atom stereocenters. The Hall–Kier alpha value is -3.62. The molecule has 3 N–H and O–H groups in total. The van der Waals surface area contributed by atoms with Gasteiger partial charge in [0.25, 0.3) is 0 Å². The first-order chi connectivity index (χ1) is 45.0. The summed E-state index contributed by atoms with van der Waals surface area (Å²) < 4.78 is 23.9. The third-order valence-electron chi connectivity index (χ3n) is 16.6. The summed E-state index contributed by atoms with van der Waals surface area (Å²) in [5, 5.41) is 14.2. The summed E-state index contributed by atoms with van der Waals surface area (Å²) in [5.74, 6) is -0.170. The standard InChI is InChI=1S/C83H145N2O6P/c1-6-8-10-12-14-16-18-20-22-24-26-28-30-32-34-36-37-38-39-40-41-42-43-44-45-46-47-49-51-53-55-57-59-61-63-65-67-69-71-73-75-77-83(87)84-81(80-91-92(88,89)90-79-78-85(3,4)5)82(86)76-74-72-70-68-66-64-62-60-58-56-54-52-50-48-35-33-31-29-27-25-23-21-19-17-15-13-11-9-7-2/h8,10,14,16,20,22,26,28,32,34,37-38,40-41,43-44,46-47,51,53,57,59,63,65,81-82,86H,6-7,9,11-13,15,17-19,21,23-25,27,29-31,33,35-36,39,42,45,48-50,52,54-56,58,60-62,64,66-80H2,1-5H3,(H-,84,87,88,89)/p+1/b10-8-,16-14-,22-20-,28-26-,34-32-,38-37-,41-40-,44-43-,47-46-,53-51-,59-57-,65-63-. The molecule has 0 bridgehead atoms. The molecule has 1 amide bonds. The number of phosphoric ester groups is 1. The zero-order chi connectivity index (χ0) is 66.9. The largest absolute Gasteiger partial charge is 0.472 e. The van der Waals surface area contributed by atoms with Crippen molar-refractivity contribution < 1.29 is 32.9 Å². The van der Waals surface area contributed by atoms with Crippen LogP contribution in [-0.4, -0.2) is 73.4 Å². The van der Waals surface area contributed by atoms with Gasteiger partial charge in [-0.1, -0.05) is 359 Å². The normalized spacial score (nSPS) is 14.4. The molecule has 0 saturated heterocycles. The van der Waals surface area contributed by atoms with Crippen LogP contribution < -0.4 is 5.32 Å². The predicted octanol–water partition coefficient (Wildman–Crippen LogP) is 25.1. The topological polar surface area (TPSA) is 105 Å². The minimum absolute atomic E-state index is 0.0626. The summed E-state index contributed by atoms with van der Waals surface area (Å²) in [7, 11) is 1.59. The van der Waals surface area contributed by atoms with Gasteiger partial charge in [-0.3, -0.25) is 13.8 Å². The highest BCUT2D eigenvalue weighted by molar-refractivity contribution is 7.47. The maximum atomic E-state index is 13.1. The van der Waals surface area contributed by atoms with E-state index in [0.29, 0.717) is 23.9 Å². The fraction of sp³-hybridized carbons (Fsp3) is 0.699. The molecule has 3 unspecified atom stereocenters. The van der Waals surface area contributed by atoms with Crippen molar-refractivity contribution in [2.75, 3.05) is 40.9 Å². The molecule has 0 aliphatic carbocycles. The second-order valence-corrected chi connectivity index (χ2v) is 28.1. The Balaban J connectivity index is 4.13. The number of nitrogens with one attached hydrogen (secondary N) is 1. The van der Waals surface area contributed by atoms with E-state index in [2.05, 4.69) is 165 Å². The van der Waals surface area contributed by atoms with Gasteiger partial charge in [-0.25, -0.2) is 4.57 Å². The highest BCUT2D eigenvalue weighted by atomic mass is 31.2. The molecule has 92 heavy (non-hydrogen) atoms. The molecule has 0 aromatic carbocycles. The number of hydrogen-bond donors (Lipinski definition) is 3. The Morgan fingerprint density at radius 1 is 0.380 bits per heavy atom. The van der Waals surface area contributed by atoms with Gasteiger partial charge in [0.1, 0.15) is 13.2 Å². The van der Waals surface area contributed by atoms with Crippen LogP contribution in [0.4, 0.5) is 0 Å². The van der Waals surface area contributed by atoms with Crippen molar-refractivity contribution in [3.8, 4) is 0 Å². The lowest BCUT2D eigenvalue weighted by atomic mass is 10.0. The van der Waals surface area contributed by atoms with E-state index >= 15 is 0 Å². The Morgan fingerprint density at radius 2 is 0.652 bits per heavy atom. The van der Waals surface area contributed by atoms with Gasteiger partial charge in [-0.05, 0) is 103 Å². The first-order valence-corrected chi connectivity index (χ1v) is 39.7. The van der Waals surface area contributed by atoms with Gasteiger partial charge in [-0.15, -0.1) is 0 Å². The number of carbonyl (C=O) groups is 1. The number of allylic oxidation sites excluding steroid dienone is 24. The second-order valence-electron chi connectivity index (χ2n) is 26.7. The van der Waals surface area contributed by atoms with Crippen LogP contribution in [-0.2, 0) is 18.4 Å². The molecule has 0 fully saturated rings. The highest BCUT2D eigenvalue weighted by Crippen LogP contribution is 2.43. The number of likely N-dealkylation sites (N-methyl/N-ethyl adjacent to an activating group) is 1. The van der Waals surface area contributed by atoms with E-state index in [4.69, 9.17) is 9.05 Å².